The van der Waals surface area contributed by atoms with Crippen molar-refractivity contribution in [2.24, 2.45) is 0 Å². The molecule has 0 bridgehead atoms. The number of nitriles is 1. The quantitative estimate of drug-likeness (QED) is 0.497. The molecule has 0 saturated carbocycles. The summed E-state index contributed by atoms with van der Waals surface area (Å²) in [6.07, 6.45) is 0. The number of phenolic OH excluding ortho intramolecular Hbond substituents is 1. The summed E-state index contributed by atoms with van der Waals surface area (Å²) in [6.45, 7) is 0. The van der Waals surface area contributed by atoms with Gasteiger partial charge in [0.05, 0.1) is 14.5 Å². The molecule has 0 aliphatic carbocycles. The van der Waals surface area contributed by atoms with Crippen LogP contribution in [0.5, 0.6) is 5.75 Å². The first kappa shape index (κ1) is 11.5. The molecule has 14 heavy (non-hydrogen) atoms. The lowest BCUT2D eigenvalue weighted by Crippen LogP contribution is -2.01. The van der Waals surface area contributed by atoms with Crippen molar-refractivity contribution in [2.75, 3.05) is 5.33 Å². The summed E-state index contributed by atoms with van der Waals surface area (Å²) in [5.41, 5.74) is 0.659. The SMILES string of the molecule is N#Cc1cc(C(=O)CBr)cc(O)c1I. The number of nitrogens with zero attached hydrogens (tertiary/aromatic N) is 1. The zero-order valence-corrected chi connectivity index (χ0v) is 10.7. The van der Waals surface area contributed by atoms with Gasteiger partial charge in [-0.05, 0) is 34.7 Å². The Morgan fingerprint density at radius 2 is 2.29 bits per heavy atom. The monoisotopic (exact) mass is 365 g/mol. The van der Waals surface area contributed by atoms with Gasteiger partial charge in [0.15, 0.2) is 5.78 Å². The normalized spacial score (nSPS) is 9.50. The lowest BCUT2D eigenvalue weighted by atomic mass is 10.1. The molecule has 3 nitrogen and oxygen atoms in total. The maximum Gasteiger partial charge on any atom is 0.173 e. The van der Waals surface area contributed by atoms with Crippen LogP contribution in [0.3, 0.4) is 0 Å². The second-order valence-corrected chi connectivity index (χ2v) is 4.17. The summed E-state index contributed by atoms with van der Waals surface area (Å²) in [6, 6.07) is 4.76. The maximum atomic E-state index is 11.3. The van der Waals surface area contributed by atoms with Crippen molar-refractivity contribution in [1.82, 2.24) is 0 Å². The minimum atomic E-state index is -0.159. The molecule has 0 atom stereocenters. The number of halogens is 2. The molecule has 5 heteroatoms. The fourth-order valence-corrected chi connectivity index (χ4v) is 1.68. The Morgan fingerprint density at radius 3 is 2.79 bits per heavy atom. The van der Waals surface area contributed by atoms with Crippen LogP contribution in [0.1, 0.15) is 15.9 Å². The maximum absolute atomic E-state index is 11.3. The topological polar surface area (TPSA) is 61.1 Å². The van der Waals surface area contributed by atoms with Gasteiger partial charge in [-0.2, -0.15) is 5.26 Å². The van der Waals surface area contributed by atoms with Crippen molar-refractivity contribution in [1.29, 1.82) is 5.26 Å². The summed E-state index contributed by atoms with van der Waals surface area (Å²) >= 11 is 4.89. The predicted octanol–water partition coefficient (Wildman–Crippen LogP) is 2.45. The molecule has 1 aromatic carbocycles. The van der Waals surface area contributed by atoms with Crippen molar-refractivity contribution in [3.05, 3.63) is 26.8 Å². The average molecular weight is 366 g/mol. The molecule has 0 unspecified atom stereocenters. The third-order valence-electron chi connectivity index (χ3n) is 1.62. The van der Waals surface area contributed by atoms with Gasteiger partial charge in [-0.15, -0.1) is 0 Å². The molecule has 0 amide bonds. The second-order valence-electron chi connectivity index (χ2n) is 2.53. The smallest absolute Gasteiger partial charge is 0.173 e. The minimum absolute atomic E-state index is 0.0334. The van der Waals surface area contributed by atoms with Gasteiger partial charge in [0.1, 0.15) is 11.8 Å². The van der Waals surface area contributed by atoms with E-state index in [1.807, 2.05) is 28.7 Å². The van der Waals surface area contributed by atoms with E-state index in [-0.39, 0.29) is 16.9 Å². The third kappa shape index (κ3) is 2.25. The molecule has 1 rings (SSSR count). The van der Waals surface area contributed by atoms with Gasteiger partial charge in [0, 0.05) is 5.56 Å². The third-order valence-corrected chi connectivity index (χ3v) is 3.26. The molecule has 1 aromatic rings. The molecule has 72 valence electrons. The highest BCUT2D eigenvalue weighted by molar-refractivity contribution is 14.1. The van der Waals surface area contributed by atoms with Gasteiger partial charge < -0.3 is 5.11 Å². The van der Waals surface area contributed by atoms with E-state index in [1.54, 1.807) is 0 Å². The van der Waals surface area contributed by atoms with Crippen molar-refractivity contribution in [3.8, 4) is 11.8 Å². The number of hydrogen-bond donors (Lipinski definition) is 1. The molecule has 0 aliphatic heterocycles. The Morgan fingerprint density at radius 1 is 1.64 bits per heavy atom. The minimum Gasteiger partial charge on any atom is -0.507 e. The van der Waals surface area contributed by atoms with E-state index in [9.17, 15) is 9.90 Å². The van der Waals surface area contributed by atoms with Crippen LogP contribution >= 0.6 is 38.5 Å². The highest BCUT2D eigenvalue weighted by Crippen LogP contribution is 2.25. The molecule has 1 N–H and O–H groups in total. The van der Waals surface area contributed by atoms with E-state index < -0.39 is 0 Å². The van der Waals surface area contributed by atoms with Gasteiger partial charge in [-0.25, -0.2) is 0 Å². The molecule has 0 aromatic heterocycles. The van der Waals surface area contributed by atoms with Crippen molar-refractivity contribution in [2.45, 2.75) is 0 Å². The van der Waals surface area contributed by atoms with E-state index in [2.05, 4.69) is 15.9 Å². The second kappa shape index (κ2) is 4.75. The highest BCUT2D eigenvalue weighted by Gasteiger charge is 2.11. The standard InChI is InChI=1S/C9H5BrINO2/c10-3-8(14)5-1-6(4-12)9(11)7(13)2-5/h1-2,13H,3H2. The molecule has 0 spiro atoms. The van der Waals surface area contributed by atoms with Crippen molar-refractivity contribution >= 4 is 44.3 Å². The summed E-state index contributed by atoms with van der Waals surface area (Å²) in [4.78, 5) is 11.3. The van der Waals surface area contributed by atoms with Crippen LogP contribution in [0.25, 0.3) is 0 Å². The van der Waals surface area contributed by atoms with E-state index in [1.165, 1.54) is 12.1 Å². The number of carbonyl (C=O) groups excluding carboxylic acids is 1. The van der Waals surface area contributed by atoms with Crippen LogP contribution < -0.4 is 0 Å². The first-order chi connectivity index (χ1) is 6.60. The Balaban J connectivity index is 3.32. The van der Waals surface area contributed by atoms with E-state index in [4.69, 9.17) is 5.26 Å². The van der Waals surface area contributed by atoms with Gasteiger partial charge in [-0.3, -0.25) is 4.79 Å². The molecule has 0 saturated heterocycles. The Kier molecular flexibility index (Phi) is 3.89. The first-order valence-corrected chi connectivity index (χ1v) is 5.82. The number of aromatic hydroxyl groups is 1. The summed E-state index contributed by atoms with van der Waals surface area (Å²) in [5, 5.41) is 18.3. The number of carbonyl (C=O) groups is 1. The molecular weight excluding hydrogens is 361 g/mol. The largest absolute Gasteiger partial charge is 0.507 e. The Hall–Kier alpha value is -0.610. The molecule has 0 aliphatic rings. The van der Waals surface area contributed by atoms with Crippen LogP contribution in [-0.2, 0) is 0 Å². The van der Waals surface area contributed by atoms with E-state index in [0.29, 0.717) is 14.7 Å². The van der Waals surface area contributed by atoms with Crippen molar-refractivity contribution < 1.29 is 9.90 Å². The van der Waals surface area contributed by atoms with Crippen LogP contribution in [0, 0.1) is 14.9 Å². The Bertz CT molecular complexity index is 426. The number of phenols is 1. The van der Waals surface area contributed by atoms with Crippen LogP contribution in [0.4, 0.5) is 0 Å². The van der Waals surface area contributed by atoms with Gasteiger partial charge in [0.25, 0.3) is 0 Å². The average Bonchev–Trinajstić information content (AvgIpc) is 2.20. The van der Waals surface area contributed by atoms with Crippen LogP contribution in [0.15, 0.2) is 12.1 Å². The fraction of sp³-hybridized carbons (Fsp3) is 0.111. The van der Waals surface area contributed by atoms with Crippen molar-refractivity contribution in [3.63, 3.8) is 0 Å². The summed E-state index contributed by atoms with van der Waals surface area (Å²) in [5.74, 6) is -0.192. The number of ketones is 1. The van der Waals surface area contributed by atoms with E-state index >= 15 is 0 Å². The predicted molar refractivity (Wildman–Crippen MR) is 63.7 cm³/mol. The van der Waals surface area contributed by atoms with Gasteiger partial charge >= 0.3 is 0 Å². The highest BCUT2D eigenvalue weighted by atomic mass is 127. The number of alkyl halides is 1. The fourth-order valence-electron chi connectivity index (χ4n) is 0.929. The number of rotatable bonds is 2. The summed E-state index contributed by atoms with van der Waals surface area (Å²) < 4.78 is 0.469. The zero-order chi connectivity index (χ0) is 10.7. The van der Waals surface area contributed by atoms with Gasteiger partial charge in [0.2, 0.25) is 0 Å². The number of hydrogen-bond acceptors (Lipinski definition) is 3. The van der Waals surface area contributed by atoms with E-state index in [0.717, 1.165) is 0 Å². The lowest BCUT2D eigenvalue weighted by Gasteiger charge is -2.02. The number of Topliss-reactive ketones (excluding diaryl/α,β-unsaturated/α-hetero) is 1. The van der Waals surface area contributed by atoms with Crippen LogP contribution in [0.2, 0.25) is 0 Å². The molecular formula is C9H5BrINO2. The first-order valence-electron chi connectivity index (χ1n) is 3.62. The zero-order valence-electron chi connectivity index (χ0n) is 6.92. The number of benzene rings is 1. The summed E-state index contributed by atoms with van der Waals surface area (Å²) in [7, 11) is 0. The van der Waals surface area contributed by atoms with Gasteiger partial charge in [-0.1, -0.05) is 15.9 Å². The Labute approximate surface area is 103 Å². The molecule has 0 heterocycles. The molecule has 0 fully saturated rings. The molecule has 0 radical (unpaired) electrons. The van der Waals surface area contributed by atoms with Crippen LogP contribution in [-0.4, -0.2) is 16.2 Å². The lowest BCUT2D eigenvalue weighted by molar-refractivity contribution is 0.102.